The first kappa shape index (κ1) is 15.2. The number of nitrogens with zero attached hydrogens (tertiary/aromatic N) is 3. The molecule has 1 aromatic heterocycles. The number of hydrogen-bond donors (Lipinski definition) is 0. The number of imidazole rings is 1. The minimum atomic E-state index is 0.921. The van der Waals surface area contributed by atoms with E-state index in [1.54, 1.807) is 0 Å². The highest BCUT2D eigenvalue weighted by molar-refractivity contribution is 5.21. The third-order valence-electron chi connectivity index (χ3n) is 4.81. The van der Waals surface area contributed by atoms with E-state index in [1.807, 2.05) is 0 Å². The van der Waals surface area contributed by atoms with Gasteiger partial charge in [-0.15, -0.1) is 0 Å². The second kappa shape index (κ2) is 7.02. The number of aromatic nitrogens is 2. The molecule has 2 aromatic carbocycles. The molecule has 0 unspecified atom stereocenters. The molecular formula is C21H23N3. The summed E-state index contributed by atoms with van der Waals surface area (Å²) in [6.07, 6.45) is 4.10. The fourth-order valence-corrected chi connectivity index (χ4v) is 3.44. The Kier molecular flexibility index (Phi) is 4.43. The van der Waals surface area contributed by atoms with E-state index >= 15 is 0 Å². The van der Waals surface area contributed by atoms with Gasteiger partial charge in [0.05, 0.1) is 5.69 Å². The van der Waals surface area contributed by atoms with Gasteiger partial charge < -0.3 is 4.57 Å². The van der Waals surface area contributed by atoms with E-state index in [2.05, 4.69) is 81.3 Å². The molecule has 3 aromatic rings. The van der Waals surface area contributed by atoms with Crippen LogP contribution in [0.3, 0.4) is 0 Å². The third kappa shape index (κ3) is 3.41. The molecule has 0 aliphatic carbocycles. The van der Waals surface area contributed by atoms with Gasteiger partial charge in [0.15, 0.2) is 0 Å². The lowest BCUT2D eigenvalue weighted by atomic mass is 10.1. The Morgan fingerprint density at radius 1 is 0.833 bits per heavy atom. The maximum absolute atomic E-state index is 4.68. The summed E-state index contributed by atoms with van der Waals surface area (Å²) in [5, 5.41) is 0. The summed E-state index contributed by atoms with van der Waals surface area (Å²) in [5.41, 5.74) is 4.10. The van der Waals surface area contributed by atoms with Crippen LogP contribution in [0.25, 0.3) is 0 Å². The van der Waals surface area contributed by atoms with Gasteiger partial charge in [-0.05, 0) is 17.5 Å². The van der Waals surface area contributed by atoms with Crippen LogP contribution >= 0.6 is 0 Å². The Morgan fingerprint density at radius 3 is 2.29 bits per heavy atom. The van der Waals surface area contributed by atoms with Gasteiger partial charge in [0.1, 0.15) is 5.82 Å². The Balaban J connectivity index is 1.39. The SMILES string of the molecule is c1ccc(CCN2CCn3c(cnc3Cc3ccccc3)C2)cc1. The van der Waals surface area contributed by atoms with Gasteiger partial charge in [-0.1, -0.05) is 60.7 Å². The van der Waals surface area contributed by atoms with Crippen molar-refractivity contribution in [3.8, 4) is 0 Å². The quantitative estimate of drug-likeness (QED) is 0.718. The highest BCUT2D eigenvalue weighted by Gasteiger charge is 2.19. The van der Waals surface area contributed by atoms with Crippen molar-refractivity contribution < 1.29 is 0 Å². The zero-order valence-electron chi connectivity index (χ0n) is 13.9. The molecule has 1 aliphatic heterocycles. The summed E-state index contributed by atoms with van der Waals surface area (Å²) in [5.74, 6) is 1.19. The third-order valence-corrected chi connectivity index (χ3v) is 4.81. The van der Waals surface area contributed by atoms with Crippen molar-refractivity contribution in [2.75, 3.05) is 13.1 Å². The average molecular weight is 317 g/mol. The molecule has 0 radical (unpaired) electrons. The monoisotopic (exact) mass is 317 g/mol. The van der Waals surface area contributed by atoms with Crippen molar-refractivity contribution in [1.82, 2.24) is 14.5 Å². The van der Waals surface area contributed by atoms with Crippen LogP contribution in [-0.4, -0.2) is 27.5 Å². The molecule has 0 atom stereocenters. The zero-order valence-corrected chi connectivity index (χ0v) is 13.9. The number of hydrogen-bond acceptors (Lipinski definition) is 2. The Hall–Kier alpha value is -2.39. The van der Waals surface area contributed by atoms with Gasteiger partial charge in [0.25, 0.3) is 0 Å². The summed E-state index contributed by atoms with van der Waals surface area (Å²) in [7, 11) is 0. The van der Waals surface area contributed by atoms with Crippen LogP contribution in [0.2, 0.25) is 0 Å². The number of fused-ring (bicyclic) bond motifs is 1. The summed E-state index contributed by atoms with van der Waals surface area (Å²) in [4.78, 5) is 7.22. The van der Waals surface area contributed by atoms with Crippen molar-refractivity contribution in [2.45, 2.75) is 25.9 Å². The summed E-state index contributed by atoms with van der Waals surface area (Å²) < 4.78 is 2.41. The second-order valence-corrected chi connectivity index (χ2v) is 6.49. The smallest absolute Gasteiger partial charge is 0.113 e. The van der Waals surface area contributed by atoms with Gasteiger partial charge in [0.2, 0.25) is 0 Å². The van der Waals surface area contributed by atoms with Crippen molar-refractivity contribution in [3.05, 3.63) is 89.5 Å². The standard InChI is InChI=1S/C21H23N3/c1-3-7-18(8-4-1)11-12-23-13-14-24-20(17-23)16-22-21(24)15-19-9-5-2-6-10-19/h1-10,16H,11-15,17H2. The first-order chi connectivity index (χ1) is 11.9. The molecule has 122 valence electrons. The fourth-order valence-electron chi connectivity index (χ4n) is 3.44. The van der Waals surface area contributed by atoms with Crippen LogP contribution in [0.15, 0.2) is 66.9 Å². The first-order valence-corrected chi connectivity index (χ1v) is 8.72. The van der Waals surface area contributed by atoms with Gasteiger partial charge in [-0.25, -0.2) is 4.98 Å². The lowest BCUT2D eigenvalue weighted by Gasteiger charge is -2.29. The van der Waals surface area contributed by atoms with Gasteiger partial charge in [0, 0.05) is 38.8 Å². The normalized spacial score (nSPS) is 14.5. The molecule has 4 rings (SSSR count). The predicted octanol–water partition coefficient (Wildman–Crippen LogP) is 3.53. The molecule has 24 heavy (non-hydrogen) atoms. The lowest BCUT2D eigenvalue weighted by Crippen LogP contribution is -2.35. The van der Waals surface area contributed by atoms with E-state index in [9.17, 15) is 0 Å². The molecule has 0 amide bonds. The maximum atomic E-state index is 4.68. The summed E-state index contributed by atoms with van der Waals surface area (Å²) in [6, 6.07) is 21.4. The predicted molar refractivity (Wildman–Crippen MR) is 96.9 cm³/mol. The van der Waals surface area contributed by atoms with Crippen LogP contribution in [-0.2, 0) is 25.9 Å². The van der Waals surface area contributed by atoms with E-state index in [4.69, 9.17) is 0 Å². The molecule has 3 nitrogen and oxygen atoms in total. The molecule has 0 bridgehead atoms. The molecule has 0 fully saturated rings. The summed E-state index contributed by atoms with van der Waals surface area (Å²) in [6.45, 7) is 4.28. The molecule has 0 spiro atoms. The van der Waals surface area contributed by atoms with E-state index in [1.165, 1.54) is 22.6 Å². The average Bonchev–Trinajstić information content (AvgIpc) is 3.04. The van der Waals surface area contributed by atoms with Gasteiger partial charge in [-0.2, -0.15) is 0 Å². The molecule has 0 saturated heterocycles. The van der Waals surface area contributed by atoms with Crippen molar-refractivity contribution in [3.63, 3.8) is 0 Å². The van der Waals surface area contributed by atoms with Crippen molar-refractivity contribution in [1.29, 1.82) is 0 Å². The molecule has 0 saturated carbocycles. The maximum Gasteiger partial charge on any atom is 0.113 e. The van der Waals surface area contributed by atoms with Crippen molar-refractivity contribution >= 4 is 0 Å². The summed E-state index contributed by atoms with van der Waals surface area (Å²) >= 11 is 0. The topological polar surface area (TPSA) is 21.1 Å². The second-order valence-electron chi connectivity index (χ2n) is 6.49. The van der Waals surface area contributed by atoms with Crippen LogP contribution in [0.1, 0.15) is 22.6 Å². The van der Waals surface area contributed by atoms with Crippen molar-refractivity contribution in [2.24, 2.45) is 0 Å². The largest absolute Gasteiger partial charge is 0.329 e. The lowest BCUT2D eigenvalue weighted by molar-refractivity contribution is 0.222. The minimum absolute atomic E-state index is 0.921. The molecule has 2 heterocycles. The number of rotatable bonds is 5. The first-order valence-electron chi connectivity index (χ1n) is 8.72. The van der Waals surface area contributed by atoms with Crippen LogP contribution in [0.4, 0.5) is 0 Å². The van der Waals surface area contributed by atoms with E-state index in [-0.39, 0.29) is 0 Å². The van der Waals surface area contributed by atoms with Crippen LogP contribution in [0.5, 0.6) is 0 Å². The highest BCUT2D eigenvalue weighted by Crippen LogP contribution is 2.17. The highest BCUT2D eigenvalue weighted by atomic mass is 15.2. The Bertz CT molecular complexity index is 777. The van der Waals surface area contributed by atoms with E-state index < -0.39 is 0 Å². The minimum Gasteiger partial charge on any atom is -0.329 e. The van der Waals surface area contributed by atoms with Crippen LogP contribution in [0, 0.1) is 0 Å². The molecule has 1 aliphatic rings. The fraction of sp³-hybridized carbons (Fsp3) is 0.286. The van der Waals surface area contributed by atoms with Crippen LogP contribution < -0.4 is 0 Å². The number of benzene rings is 2. The zero-order chi connectivity index (χ0) is 16.2. The van der Waals surface area contributed by atoms with Gasteiger partial charge in [-0.3, -0.25) is 4.90 Å². The van der Waals surface area contributed by atoms with E-state index in [0.717, 1.165) is 39.0 Å². The van der Waals surface area contributed by atoms with Gasteiger partial charge >= 0.3 is 0 Å². The Labute approximate surface area is 143 Å². The molecule has 0 N–H and O–H groups in total. The Morgan fingerprint density at radius 2 is 1.54 bits per heavy atom. The molecule has 3 heteroatoms. The molecular weight excluding hydrogens is 294 g/mol. The van der Waals surface area contributed by atoms with E-state index in [0.29, 0.717) is 0 Å².